The highest BCUT2D eigenvalue weighted by Crippen LogP contribution is 2.22. The van der Waals surface area contributed by atoms with Crippen LogP contribution in [0.2, 0.25) is 0 Å². The lowest BCUT2D eigenvalue weighted by atomic mass is 9.91. The predicted molar refractivity (Wildman–Crippen MR) is 53.7 cm³/mol. The van der Waals surface area contributed by atoms with Crippen molar-refractivity contribution in [3.8, 4) is 0 Å². The van der Waals surface area contributed by atoms with E-state index in [1.54, 1.807) is 0 Å². The zero-order chi connectivity index (χ0) is 9.68. The highest BCUT2D eigenvalue weighted by atomic mass is 16.1. The molecule has 0 aliphatic heterocycles. The fourth-order valence-corrected chi connectivity index (χ4v) is 1.64. The molecule has 0 heterocycles. The fourth-order valence-electron chi connectivity index (χ4n) is 1.64. The number of hydrogen-bond donors (Lipinski definition) is 1. The van der Waals surface area contributed by atoms with Gasteiger partial charge in [0.1, 0.15) is 0 Å². The lowest BCUT2D eigenvalue weighted by Crippen LogP contribution is -2.16. The van der Waals surface area contributed by atoms with Crippen LogP contribution in [0.15, 0.2) is 16.3 Å². The monoisotopic (exact) mass is 180 g/mol. The van der Waals surface area contributed by atoms with Crippen LogP contribution in [0.25, 0.3) is 0 Å². The molecule has 1 rings (SSSR count). The average molecular weight is 180 g/mol. The maximum absolute atomic E-state index is 10.5. The Kier molecular flexibility index (Phi) is 3.68. The van der Waals surface area contributed by atoms with Gasteiger partial charge in [-0.2, -0.15) is 0 Å². The van der Waals surface area contributed by atoms with Crippen LogP contribution in [0.1, 0.15) is 32.6 Å². The molecule has 0 spiro atoms. The van der Waals surface area contributed by atoms with Crippen molar-refractivity contribution >= 4 is 12.0 Å². The molecule has 3 heteroatoms. The summed E-state index contributed by atoms with van der Waals surface area (Å²) in [7, 11) is 0. The molecule has 1 fully saturated rings. The number of nitrogens with zero attached hydrogens (tertiary/aromatic N) is 1. The first kappa shape index (κ1) is 9.96. The Labute approximate surface area is 78.7 Å². The predicted octanol–water partition coefficient (Wildman–Crippen LogP) is 1.43. The van der Waals surface area contributed by atoms with E-state index >= 15 is 0 Å². The van der Waals surface area contributed by atoms with E-state index in [0.29, 0.717) is 5.70 Å². The maximum Gasteiger partial charge on any atom is 0.166 e. The van der Waals surface area contributed by atoms with Gasteiger partial charge >= 0.3 is 0 Å². The van der Waals surface area contributed by atoms with Crippen molar-refractivity contribution in [2.24, 2.45) is 10.7 Å². The van der Waals surface area contributed by atoms with Crippen molar-refractivity contribution in [2.75, 3.05) is 6.54 Å². The molecule has 2 N–H and O–H groups in total. The number of carbonyl (C=O) groups is 1. The van der Waals surface area contributed by atoms with Gasteiger partial charge in [0.25, 0.3) is 0 Å². The molecular weight excluding hydrogens is 164 g/mol. The number of hydrogen-bond acceptors (Lipinski definition) is 3. The van der Waals surface area contributed by atoms with Gasteiger partial charge in [0.15, 0.2) is 6.29 Å². The van der Waals surface area contributed by atoms with E-state index in [1.807, 2.05) is 6.92 Å². The Morgan fingerprint density at radius 2 is 2.23 bits per heavy atom. The summed E-state index contributed by atoms with van der Waals surface area (Å²) in [5.41, 5.74) is 7.98. The van der Waals surface area contributed by atoms with Crippen molar-refractivity contribution in [2.45, 2.75) is 32.6 Å². The third-order valence-electron chi connectivity index (χ3n) is 2.26. The molecule has 0 aromatic rings. The van der Waals surface area contributed by atoms with Crippen molar-refractivity contribution in [3.05, 3.63) is 11.3 Å². The Hall–Kier alpha value is -1.12. The summed E-state index contributed by atoms with van der Waals surface area (Å²) >= 11 is 0. The zero-order valence-electron chi connectivity index (χ0n) is 8.05. The molecule has 1 saturated carbocycles. The van der Waals surface area contributed by atoms with Gasteiger partial charge in [-0.3, -0.25) is 9.79 Å². The summed E-state index contributed by atoms with van der Waals surface area (Å²) in [6.45, 7) is 2.77. The van der Waals surface area contributed by atoms with Gasteiger partial charge < -0.3 is 5.73 Å². The normalized spacial score (nSPS) is 24.5. The molecule has 0 atom stereocenters. The Balaban J connectivity index is 2.91. The van der Waals surface area contributed by atoms with Crippen LogP contribution >= 0.6 is 0 Å². The quantitative estimate of drug-likeness (QED) is 0.516. The van der Waals surface area contributed by atoms with Crippen LogP contribution in [-0.4, -0.2) is 18.5 Å². The van der Waals surface area contributed by atoms with E-state index in [4.69, 9.17) is 5.73 Å². The molecule has 13 heavy (non-hydrogen) atoms. The first-order chi connectivity index (χ1) is 6.29. The number of rotatable bonds is 2. The standard InChI is InChI=1S/C10H16N2O/c1-2-12-10-6-4-3-5-8(10)9(11)7-13/h7H,2-6,11H2,1H3/b9-8-,12-10?. The van der Waals surface area contributed by atoms with Crippen molar-refractivity contribution < 1.29 is 4.79 Å². The van der Waals surface area contributed by atoms with E-state index in [1.165, 1.54) is 0 Å². The largest absolute Gasteiger partial charge is 0.396 e. The molecular formula is C10H16N2O. The Bertz CT molecular complexity index is 254. The van der Waals surface area contributed by atoms with E-state index in [9.17, 15) is 4.79 Å². The molecule has 0 saturated heterocycles. The minimum Gasteiger partial charge on any atom is -0.396 e. The van der Waals surface area contributed by atoms with Crippen molar-refractivity contribution in [1.82, 2.24) is 0 Å². The Morgan fingerprint density at radius 1 is 1.54 bits per heavy atom. The lowest BCUT2D eigenvalue weighted by molar-refractivity contribution is -0.105. The van der Waals surface area contributed by atoms with Crippen LogP contribution in [0, 0.1) is 0 Å². The number of allylic oxidation sites excluding steroid dienone is 2. The molecule has 0 aromatic carbocycles. The molecule has 1 aliphatic carbocycles. The second-order valence-corrected chi connectivity index (χ2v) is 3.18. The summed E-state index contributed by atoms with van der Waals surface area (Å²) in [5, 5.41) is 0. The zero-order valence-corrected chi connectivity index (χ0v) is 8.05. The van der Waals surface area contributed by atoms with Crippen LogP contribution in [-0.2, 0) is 4.79 Å². The number of nitrogens with two attached hydrogens (primary N) is 1. The van der Waals surface area contributed by atoms with Crippen LogP contribution in [0.4, 0.5) is 0 Å². The van der Waals surface area contributed by atoms with Gasteiger partial charge in [-0.05, 0) is 38.2 Å². The summed E-state index contributed by atoms with van der Waals surface area (Å²) in [6.07, 6.45) is 4.88. The van der Waals surface area contributed by atoms with Gasteiger partial charge in [-0.1, -0.05) is 0 Å². The van der Waals surface area contributed by atoms with E-state index < -0.39 is 0 Å². The summed E-state index contributed by atoms with van der Waals surface area (Å²) in [4.78, 5) is 14.9. The fraction of sp³-hybridized carbons (Fsp3) is 0.600. The molecule has 0 unspecified atom stereocenters. The minimum atomic E-state index is 0.368. The second kappa shape index (κ2) is 4.80. The van der Waals surface area contributed by atoms with Crippen molar-refractivity contribution in [3.63, 3.8) is 0 Å². The van der Waals surface area contributed by atoms with Gasteiger partial charge in [-0.15, -0.1) is 0 Å². The maximum atomic E-state index is 10.5. The van der Waals surface area contributed by atoms with Crippen LogP contribution in [0.5, 0.6) is 0 Å². The first-order valence-electron chi connectivity index (χ1n) is 4.77. The van der Waals surface area contributed by atoms with Crippen LogP contribution in [0.3, 0.4) is 0 Å². The summed E-state index contributed by atoms with van der Waals surface area (Å²) < 4.78 is 0. The molecule has 0 amide bonds. The summed E-state index contributed by atoms with van der Waals surface area (Å²) in [5.74, 6) is 0. The topological polar surface area (TPSA) is 55.4 Å². The van der Waals surface area contributed by atoms with Gasteiger partial charge in [0, 0.05) is 12.3 Å². The number of aliphatic imine (C=N–C) groups is 1. The number of carbonyl (C=O) groups excluding carboxylic acids is 1. The molecule has 3 nitrogen and oxygen atoms in total. The minimum absolute atomic E-state index is 0.368. The molecule has 0 bridgehead atoms. The lowest BCUT2D eigenvalue weighted by Gasteiger charge is -2.17. The highest BCUT2D eigenvalue weighted by Gasteiger charge is 2.15. The highest BCUT2D eigenvalue weighted by molar-refractivity contribution is 6.04. The third-order valence-corrected chi connectivity index (χ3v) is 2.26. The Morgan fingerprint density at radius 3 is 2.85 bits per heavy atom. The van der Waals surface area contributed by atoms with Gasteiger partial charge in [0.2, 0.25) is 0 Å². The van der Waals surface area contributed by atoms with Gasteiger partial charge in [0.05, 0.1) is 5.70 Å². The molecule has 1 aliphatic rings. The van der Waals surface area contributed by atoms with E-state index in [-0.39, 0.29) is 0 Å². The van der Waals surface area contributed by atoms with Crippen LogP contribution < -0.4 is 5.73 Å². The third kappa shape index (κ3) is 2.41. The average Bonchev–Trinajstić information content (AvgIpc) is 2.18. The molecule has 72 valence electrons. The summed E-state index contributed by atoms with van der Waals surface area (Å²) in [6, 6.07) is 0. The molecule has 0 aromatic heterocycles. The second-order valence-electron chi connectivity index (χ2n) is 3.18. The SMILES string of the molecule is CCN=C1CCCC/C1=C(/N)C=O. The smallest absolute Gasteiger partial charge is 0.166 e. The van der Waals surface area contributed by atoms with E-state index in [0.717, 1.165) is 49.8 Å². The van der Waals surface area contributed by atoms with Gasteiger partial charge in [-0.25, -0.2) is 0 Å². The van der Waals surface area contributed by atoms with E-state index in [2.05, 4.69) is 4.99 Å². The number of aldehydes is 1. The first-order valence-corrected chi connectivity index (χ1v) is 4.77. The molecule has 0 radical (unpaired) electrons. The van der Waals surface area contributed by atoms with Crippen molar-refractivity contribution in [1.29, 1.82) is 0 Å².